The predicted octanol–water partition coefficient (Wildman–Crippen LogP) is -7.87. The highest BCUT2D eigenvalue weighted by Crippen LogP contribution is 2.54. The van der Waals surface area contributed by atoms with Crippen LogP contribution in [-0.4, -0.2) is 79.5 Å². The molecule has 35 heteroatoms. The first kappa shape index (κ1) is 43.9. The molecule has 1 rings (SSSR count). The fourth-order valence-corrected chi connectivity index (χ4v) is 5.34. The van der Waals surface area contributed by atoms with Crippen LogP contribution in [-0.2, 0) is 54.6 Å². The zero-order valence-electron chi connectivity index (χ0n) is 18.5. The van der Waals surface area contributed by atoms with Crippen LogP contribution in [0.1, 0.15) is 6.42 Å². The molecule has 28 nitrogen and oxygen atoms in total. The smallest absolute Gasteiger partial charge is 0.470 e. The molecular weight excluding hydrogens is 737 g/mol. The summed E-state index contributed by atoms with van der Waals surface area (Å²) in [6.07, 6.45) is -14.0. The van der Waals surface area contributed by atoms with Gasteiger partial charge in [0.1, 0.15) is 30.5 Å². The lowest BCUT2D eigenvalue weighted by Gasteiger charge is -2.44. The third kappa shape index (κ3) is 29.3. The average Bonchev–Trinajstić information content (AvgIpc) is 2.52. The highest BCUT2D eigenvalue weighted by atomic mass is 31.2. The van der Waals surface area contributed by atoms with Crippen molar-refractivity contribution in [1.82, 2.24) is 0 Å². The summed E-state index contributed by atoms with van der Waals surface area (Å²) in [5.41, 5.74) is 0. The molecule has 0 heterocycles. The van der Waals surface area contributed by atoms with E-state index in [-0.39, 0.29) is 0 Å². The third-order valence-corrected chi connectivity index (χ3v) is 5.81. The molecule has 0 aliphatic heterocycles. The van der Waals surface area contributed by atoms with Crippen molar-refractivity contribution in [1.29, 1.82) is 0 Å². The highest BCUT2D eigenvalue weighted by Gasteiger charge is 2.56. The minimum Gasteiger partial charge on any atom is -0.822 e. The van der Waals surface area contributed by atoms with Crippen molar-refractivity contribution in [2.75, 3.05) is 0 Å². The van der Waals surface area contributed by atoms with E-state index in [1.54, 1.807) is 0 Å². The van der Waals surface area contributed by atoms with Crippen molar-refractivity contribution in [3.63, 3.8) is 0 Å². The number of phosphoric ester groups is 5. The molecular formula is C6H17O28P7-6. The number of hydrogen-bond donors (Lipinski definition) is 10. The van der Waals surface area contributed by atoms with Gasteiger partial charge in [0.05, 0.1) is 0 Å². The topological polar surface area (TPSA) is 506 Å². The average molecular weight is 754 g/mol. The molecule has 1 fully saturated rings. The van der Waals surface area contributed by atoms with Gasteiger partial charge in [-0.25, -0.2) is 22.8 Å². The molecule has 0 aromatic carbocycles. The molecule has 4 atom stereocenters. The summed E-state index contributed by atoms with van der Waals surface area (Å²) in [5, 5.41) is 0. The summed E-state index contributed by atoms with van der Waals surface area (Å²) in [6.45, 7) is 0. The van der Waals surface area contributed by atoms with Gasteiger partial charge in [0, 0.05) is 6.42 Å². The van der Waals surface area contributed by atoms with E-state index >= 15 is 0 Å². The van der Waals surface area contributed by atoms with Crippen LogP contribution < -0.4 is 29.4 Å². The normalized spacial score (nSPS) is 24.9. The van der Waals surface area contributed by atoms with Gasteiger partial charge < -0.3 is 87.4 Å². The highest BCUT2D eigenvalue weighted by molar-refractivity contribution is 7.47. The first-order valence-corrected chi connectivity index (χ1v) is 19.2. The Morgan fingerprint density at radius 3 is 0.732 bits per heavy atom. The SMILES string of the molecule is O=P(O)(O)OC1CC(OP(=O)(O)O)C(OP(=O)(O)O)C(OP(=O)(O)O)C1OP(=O)(O)O.O=P([O-])([O-])[O-].O=P([O-])([O-])[O-]. The molecule has 0 radical (unpaired) electrons. The van der Waals surface area contributed by atoms with Crippen molar-refractivity contribution in [2.45, 2.75) is 36.9 Å². The Balaban J connectivity index is 0. The van der Waals surface area contributed by atoms with Crippen molar-refractivity contribution >= 4 is 54.8 Å². The Labute approximate surface area is 225 Å². The van der Waals surface area contributed by atoms with E-state index in [0.29, 0.717) is 0 Å². The maximum Gasteiger partial charge on any atom is 0.470 e. The maximum atomic E-state index is 11.3. The van der Waals surface area contributed by atoms with Gasteiger partial charge in [-0.05, 0) is 0 Å². The first-order valence-electron chi connectivity index (χ1n) is 8.61. The number of hydrogen-bond acceptors (Lipinski definition) is 18. The zero-order valence-corrected chi connectivity index (χ0v) is 24.8. The maximum absolute atomic E-state index is 11.3. The van der Waals surface area contributed by atoms with Crippen LogP contribution in [0.3, 0.4) is 0 Å². The first-order chi connectivity index (χ1) is 17.5. The Kier molecular flexibility index (Phi) is 17.0. The molecule has 41 heavy (non-hydrogen) atoms. The summed E-state index contributed by atoms with van der Waals surface area (Å²) < 4.78 is 94.1. The summed E-state index contributed by atoms with van der Waals surface area (Å²) in [6, 6.07) is 0. The second kappa shape index (κ2) is 15.9. The third-order valence-electron chi connectivity index (χ3n) is 3.17. The van der Waals surface area contributed by atoms with Crippen molar-refractivity contribution in [3.8, 4) is 0 Å². The number of rotatable bonds is 10. The van der Waals surface area contributed by atoms with E-state index in [1.165, 1.54) is 0 Å². The molecule has 0 aromatic heterocycles. The summed E-state index contributed by atoms with van der Waals surface area (Å²) in [4.78, 5) is 141. The molecule has 0 aromatic rings. The predicted molar refractivity (Wildman–Crippen MR) is 104 cm³/mol. The molecule has 0 spiro atoms. The fourth-order valence-electron chi connectivity index (χ4n) is 2.52. The Hall–Kier alpha value is 0.770. The van der Waals surface area contributed by atoms with E-state index in [0.717, 1.165) is 0 Å². The van der Waals surface area contributed by atoms with Gasteiger partial charge in [-0.15, -0.1) is 0 Å². The lowest BCUT2D eigenvalue weighted by molar-refractivity contribution is -0.434. The molecule has 1 saturated carbocycles. The van der Waals surface area contributed by atoms with Gasteiger partial charge in [0.15, 0.2) is 0 Å². The number of phosphoric acid groups is 7. The molecule has 4 unspecified atom stereocenters. The van der Waals surface area contributed by atoms with Crippen molar-refractivity contribution in [2.24, 2.45) is 0 Å². The lowest BCUT2D eigenvalue weighted by atomic mass is 9.87. The minimum atomic E-state index is -5.76. The lowest BCUT2D eigenvalue weighted by Crippen LogP contribution is -2.58. The van der Waals surface area contributed by atoms with Crippen LogP contribution in [0.15, 0.2) is 0 Å². The van der Waals surface area contributed by atoms with E-state index in [2.05, 4.69) is 22.6 Å². The Morgan fingerprint density at radius 2 is 0.561 bits per heavy atom. The van der Waals surface area contributed by atoms with Gasteiger partial charge in [-0.2, -0.15) is 15.6 Å². The standard InChI is InChI=1S/C6H17O20P5.2H3O4P/c7-27(8,9)22-2-1-3(23-28(10,11)12)5(25-30(16,17)18)6(26-31(19,20)21)4(2)24-29(13,14)15;2*1-5(2,3)4/h2-6H,1H2,(H2,7,8,9)(H2,10,11,12)(H2,13,14,15)(H2,16,17,18)(H2,19,20,21);2*(H3,1,2,3,4)/p-6. The Bertz CT molecular complexity index is 1060. The molecule has 1 aliphatic rings. The summed E-state index contributed by atoms with van der Waals surface area (Å²) in [5.74, 6) is 0. The van der Waals surface area contributed by atoms with Crippen LogP contribution in [0.2, 0.25) is 0 Å². The molecule has 0 saturated heterocycles. The Morgan fingerprint density at radius 1 is 0.390 bits per heavy atom. The second-order valence-electron chi connectivity index (χ2n) is 6.58. The van der Waals surface area contributed by atoms with Crippen molar-refractivity contribution in [3.05, 3.63) is 0 Å². The zero-order chi connectivity index (χ0) is 33.6. The summed E-state index contributed by atoms with van der Waals surface area (Å²) in [7, 11) is -39.1. The van der Waals surface area contributed by atoms with Crippen LogP contribution >= 0.6 is 54.8 Å². The van der Waals surface area contributed by atoms with Crippen LogP contribution in [0, 0.1) is 0 Å². The van der Waals surface area contributed by atoms with E-state index < -0.39 is 91.7 Å². The monoisotopic (exact) mass is 754 g/mol. The molecule has 1 aliphatic carbocycles. The quantitative estimate of drug-likeness (QED) is 0.0926. The van der Waals surface area contributed by atoms with Gasteiger partial charge in [0.2, 0.25) is 0 Å². The molecule has 10 N–H and O–H groups in total. The molecule has 0 amide bonds. The minimum absolute atomic E-state index is 1.24. The van der Waals surface area contributed by atoms with Crippen LogP contribution in [0.5, 0.6) is 0 Å². The summed E-state index contributed by atoms with van der Waals surface area (Å²) >= 11 is 0. The van der Waals surface area contributed by atoms with Gasteiger partial charge in [-0.3, -0.25) is 22.6 Å². The van der Waals surface area contributed by atoms with E-state index in [1.807, 2.05) is 0 Å². The molecule has 250 valence electrons. The van der Waals surface area contributed by atoms with Gasteiger partial charge >= 0.3 is 39.1 Å². The van der Waals surface area contributed by atoms with Crippen molar-refractivity contribution < 1.29 is 133 Å². The van der Waals surface area contributed by atoms with E-state index in [9.17, 15) is 22.8 Å². The van der Waals surface area contributed by atoms with Crippen LogP contribution in [0.4, 0.5) is 0 Å². The van der Waals surface area contributed by atoms with Gasteiger partial charge in [0.25, 0.3) is 0 Å². The largest absolute Gasteiger partial charge is 0.822 e. The molecule has 0 bridgehead atoms. The second-order valence-corrected chi connectivity index (χ2v) is 14.3. The van der Waals surface area contributed by atoms with E-state index in [4.69, 9.17) is 87.4 Å². The van der Waals surface area contributed by atoms with Crippen LogP contribution in [0.25, 0.3) is 0 Å². The fraction of sp³-hybridized carbons (Fsp3) is 1.00. The van der Waals surface area contributed by atoms with Gasteiger partial charge in [-0.1, -0.05) is 0 Å².